The minimum atomic E-state index is -0.139. The van der Waals surface area contributed by atoms with E-state index in [4.69, 9.17) is 4.74 Å². The molecular weight excluding hydrogens is 394 g/mol. The third kappa shape index (κ3) is 3.89. The molecule has 0 bridgehead atoms. The average Bonchev–Trinajstić information content (AvgIpc) is 3.03. The Morgan fingerprint density at radius 2 is 2.25 bits per heavy atom. The fraction of sp³-hybridized carbons (Fsp3) is 0.450. The Balaban J connectivity index is 1.53. The van der Waals surface area contributed by atoms with Gasteiger partial charge in [-0.2, -0.15) is 0 Å². The average molecular weight is 418 g/mol. The predicted molar refractivity (Wildman–Crippen MR) is 114 cm³/mol. The predicted octanol–water partition coefficient (Wildman–Crippen LogP) is 3.88. The molecule has 1 aliphatic rings. The third-order valence-corrected chi connectivity index (χ3v) is 6.98. The molecule has 148 valence electrons. The van der Waals surface area contributed by atoms with E-state index in [1.54, 1.807) is 23.6 Å². The lowest BCUT2D eigenvalue weighted by atomic mass is 9.89. The number of H-pyrrole nitrogens is 2. The molecular formula is C20H23N3O3S2. The summed E-state index contributed by atoms with van der Waals surface area (Å²) < 4.78 is 5.41. The quantitative estimate of drug-likeness (QED) is 0.469. The fourth-order valence-electron chi connectivity index (χ4n) is 3.45. The van der Waals surface area contributed by atoms with Gasteiger partial charge in [-0.3, -0.25) is 9.59 Å². The lowest BCUT2D eigenvalue weighted by molar-refractivity contribution is 0.313. The molecule has 0 saturated carbocycles. The van der Waals surface area contributed by atoms with Crippen molar-refractivity contribution in [1.82, 2.24) is 15.0 Å². The first-order chi connectivity index (χ1) is 13.5. The van der Waals surface area contributed by atoms with Crippen LogP contribution in [0.4, 0.5) is 0 Å². The van der Waals surface area contributed by atoms with Crippen LogP contribution in [0.25, 0.3) is 10.2 Å². The summed E-state index contributed by atoms with van der Waals surface area (Å²) in [5.74, 6) is 1.51. The molecule has 0 fully saturated rings. The number of aromatic amines is 2. The van der Waals surface area contributed by atoms with E-state index in [9.17, 15) is 9.59 Å². The summed E-state index contributed by atoms with van der Waals surface area (Å²) in [4.78, 5) is 37.5. The number of thiophene rings is 1. The van der Waals surface area contributed by atoms with Gasteiger partial charge in [0.25, 0.3) is 5.56 Å². The van der Waals surface area contributed by atoms with Crippen LogP contribution in [0, 0.1) is 5.92 Å². The summed E-state index contributed by atoms with van der Waals surface area (Å²) >= 11 is 3.06. The van der Waals surface area contributed by atoms with Gasteiger partial charge in [0.05, 0.1) is 12.0 Å². The van der Waals surface area contributed by atoms with Crippen molar-refractivity contribution in [2.24, 2.45) is 5.92 Å². The molecule has 3 aromatic rings. The van der Waals surface area contributed by atoms with E-state index in [1.807, 2.05) is 6.92 Å². The highest BCUT2D eigenvalue weighted by Crippen LogP contribution is 2.36. The molecule has 0 saturated heterocycles. The Hall–Kier alpha value is -2.06. The third-order valence-electron chi connectivity index (χ3n) is 4.91. The van der Waals surface area contributed by atoms with Crippen molar-refractivity contribution in [3.05, 3.63) is 49.0 Å². The lowest BCUT2D eigenvalue weighted by Gasteiger charge is -2.17. The summed E-state index contributed by atoms with van der Waals surface area (Å²) in [6.07, 6.45) is 5.57. The molecule has 1 aliphatic carbocycles. The normalized spacial score (nSPS) is 16.3. The van der Waals surface area contributed by atoms with Crippen molar-refractivity contribution >= 4 is 33.3 Å². The van der Waals surface area contributed by atoms with E-state index < -0.39 is 0 Å². The Labute approximate surface area is 170 Å². The van der Waals surface area contributed by atoms with Gasteiger partial charge in [0.15, 0.2) is 10.9 Å². The Bertz CT molecular complexity index is 1120. The van der Waals surface area contributed by atoms with Gasteiger partial charge in [0, 0.05) is 28.6 Å². The number of fused-ring (bicyclic) bond motifs is 3. The highest BCUT2D eigenvalue weighted by atomic mass is 32.2. The first kappa shape index (κ1) is 19.3. The summed E-state index contributed by atoms with van der Waals surface area (Å²) in [7, 11) is 0. The van der Waals surface area contributed by atoms with Crippen LogP contribution in [0.3, 0.4) is 0 Å². The van der Waals surface area contributed by atoms with Crippen LogP contribution in [0.2, 0.25) is 0 Å². The minimum Gasteiger partial charge on any atom is -0.488 e. The van der Waals surface area contributed by atoms with Gasteiger partial charge in [-0.15, -0.1) is 11.3 Å². The number of ether oxygens (including phenoxy) is 1. The summed E-state index contributed by atoms with van der Waals surface area (Å²) in [6, 6.07) is 1.54. The van der Waals surface area contributed by atoms with Crippen molar-refractivity contribution in [2.75, 3.05) is 6.61 Å². The second kappa shape index (κ2) is 8.13. The van der Waals surface area contributed by atoms with Gasteiger partial charge >= 0.3 is 0 Å². The van der Waals surface area contributed by atoms with E-state index in [0.29, 0.717) is 29.2 Å². The molecule has 0 spiro atoms. The smallest absolute Gasteiger partial charge is 0.260 e. The number of hydrogen-bond acceptors (Lipinski definition) is 6. The van der Waals surface area contributed by atoms with E-state index in [1.165, 1.54) is 22.2 Å². The number of rotatable bonds is 6. The zero-order chi connectivity index (χ0) is 19.7. The topological polar surface area (TPSA) is 87.8 Å². The molecule has 0 aliphatic heterocycles. The van der Waals surface area contributed by atoms with Gasteiger partial charge in [0.2, 0.25) is 5.43 Å². The molecule has 2 N–H and O–H groups in total. The Kier molecular flexibility index (Phi) is 5.59. The van der Waals surface area contributed by atoms with E-state index in [0.717, 1.165) is 41.6 Å². The molecule has 0 aromatic carbocycles. The number of aryl methyl sites for hydroxylation is 1. The van der Waals surface area contributed by atoms with Crippen LogP contribution < -0.4 is 15.7 Å². The first-order valence-corrected chi connectivity index (χ1v) is 11.4. The van der Waals surface area contributed by atoms with Crippen LogP contribution in [0.15, 0.2) is 27.0 Å². The minimum absolute atomic E-state index is 0.0589. The van der Waals surface area contributed by atoms with Crippen LogP contribution in [0.5, 0.6) is 5.75 Å². The number of pyridine rings is 1. The number of nitrogens with one attached hydrogen (secondary N) is 2. The first-order valence-electron chi connectivity index (χ1n) is 9.57. The second-order valence-electron chi connectivity index (χ2n) is 7.23. The Morgan fingerprint density at radius 3 is 3.04 bits per heavy atom. The summed E-state index contributed by atoms with van der Waals surface area (Å²) in [5.41, 5.74) is 1.76. The zero-order valence-corrected chi connectivity index (χ0v) is 17.6. The van der Waals surface area contributed by atoms with Crippen molar-refractivity contribution in [3.63, 3.8) is 0 Å². The van der Waals surface area contributed by atoms with Crippen molar-refractivity contribution in [2.45, 2.75) is 50.4 Å². The van der Waals surface area contributed by atoms with Crippen molar-refractivity contribution in [1.29, 1.82) is 0 Å². The van der Waals surface area contributed by atoms with E-state index in [2.05, 4.69) is 21.9 Å². The monoisotopic (exact) mass is 417 g/mol. The molecule has 28 heavy (non-hydrogen) atoms. The van der Waals surface area contributed by atoms with Crippen molar-refractivity contribution < 1.29 is 4.74 Å². The van der Waals surface area contributed by atoms with Gasteiger partial charge in [-0.25, -0.2) is 4.98 Å². The van der Waals surface area contributed by atoms with Gasteiger partial charge in [-0.05, 0) is 37.2 Å². The summed E-state index contributed by atoms with van der Waals surface area (Å²) in [5, 5.41) is 1.35. The molecule has 3 aromatic heterocycles. The second-order valence-corrected chi connectivity index (χ2v) is 9.27. The highest BCUT2D eigenvalue weighted by molar-refractivity contribution is 7.98. The molecule has 0 radical (unpaired) electrons. The maximum Gasteiger partial charge on any atom is 0.260 e. The standard InChI is InChI=1S/C20H23N3O3S2/c1-3-6-26-15-9-21-12(8-14(15)24)10-27-20-22-18(25)17-13-5-4-11(2)7-16(13)28-19(17)23-20/h8-9,11H,3-7,10H2,1-2H3,(H,21,24)(H,22,23,25). The van der Waals surface area contributed by atoms with E-state index in [-0.39, 0.29) is 11.0 Å². The lowest BCUT2D eigenvalue weighted by Crippen LogP contribution is -2.13. The van der Waals surface area contributed by atoms with Crippen LogP contribution in [-0.4, -0.2) is 21.6 Å². The van der Waals surface area contributed by atoms with Crippen LogP contribution in [0.1, 0.15) is 42.8 Å². The number of nitrogens with zero attached hydrogens (tertiary/aromatic N) is 1. The van der Waals surface area contributed by atoms with Crippen LogP contribution >= 0.6 is 23.1 Å². The largest absolute Gasteiger partial charge is 0.488 e. The molecule has 3 heterocycles. The Morgan fingerprint density at radius 1 is 1.39 bits per heavy atom. The molecule has 6 nitrogen and oxygen atoms in total. The molecule has 0 amide bonds. The summed E-state index contributed by atoms with van der Waals surface area (Å²) in [6.45, 7) is 4.77. The van der Waals surface area contributed by atoms with Crippen LogP contribution in [-0.2, 0) is 18.6 Å². The van der Waals surface area contributed by atoms with Crippen molar-refractivity contribution in [3.8, 4) is 5.75 Å². The maximum absolute atomic E-state index is 12.6. The number of aromatic nitrogens is 3. The highest BCUT2D eigenvalue weighted by Gasteiger charge is 2.23. The SMILES string of the molecule is CCCOc1c[nH]c(CSc2nc3sc4c(c3c(=O)[nH]2)CCC(C)C4)cc1=O. The molecule has 4 rings (SSSR count). The fourth-order valence-corrected chi connectivity index (χ4v) is 5.67. The number of thioether (sulfide) groups is 1. The zero-order valence-electron chi connectivity index (χ0n) is 16.0. The molecule has 8 heteroatoms. The van der Waals surface area contributed by atoms with E-state index >= 15 is 0 Å². The maximum atomic E-state index is 12.6. The molecule has 1 unspecified atom stereocenters. The van der Waals surface area contributed by atoms with Gasteiger partial charge in [-0.1, -0.05) is 25.6 Å². The number of hydrogen-bond donors (Lipinski definition) is 2. The van der Waals surface area contributed by atoms with Gasteiger partial charge < -0.3 is 14.7 Å². The molecule has 1 atom stereocenters. The van der Waals surface area contributed by atoms with Gasteiger partial charge in [0.1, 0.15) is 4.83 Å².